The highest BCUT2D eigenvalue weighted by Gasteiger charge is 2.43. The summed E-state index contributed by atoms with van der Waals surface area (Å²) in [6.07, 6.45) is 6.38. The lowest BCUT2D eigenvalue weighted by Crippen LogP contribution is -2.42. The molecule has 1 fully saturated rings. The van der Waals surface area contributed by atoms with Gasteiger partial charge in [0.25, 0.3) is 0 Å². The molecule has 2 aliphatic rings. The zero-order valence-corrected chi connectivity index (χ0v) is 16.3. The molecule has 0 spiro atoms. The van der Waals surface area contributed by atoms with Crippen LogP contribution in [0, 0.1) is 0 Å². The third-order valence-electron chi connectivity index (χ3n) is 6.04. The molecule has 0 radical (unpaired) electrons. The molecule has 28 heavy (non-hydrogen) atoms. The Morgan fingerprint density at radius 3 is 2.96 bits per heavy atom. The van der Waals surface area contributed by atoms with E-state index in [1.165, 1.54) is 5.69 Å². The van der Waals surface area contributed by atoms with Crippen molar-refractivity contribution in [3.05, 3.63) is 47.8 Å². The molecule has 1 aromatic carbocycles. The first kappa shape index (κ1) is 17.2. The summed E-state index contributed by atoms with van der Waals surface area (Å²) in [5.41, 5.74) is 5.00. The molecule has 0 N–H and O–H groups in total. The lowest BCUT2D eigenvalue weighted by molar-refractivity contribution is -0.134. The Morgan fingerprint density at radius 2 is 2.14 bits per heavy atom. The number of ether oxygens (including phenoxy) is 1. The van der Waals surface area contributed by atoms with Gasteiger partial charge in [0.2, 0.25) is 5.91 Å². The van der Waals surface area contributed by atoms with E-state index in [1.54, 1.807) is 7.11 Å². The average molecular weight is 376 g/mol. The van der Waals surface area contributed by atoms with Crippen molar-refractivity contribution in [3.8, 4) is 17.0 Å². The molecule has 2 aliphatic heterocycles. The standard InChI is InChI=1S/C22H24N4O2/c1-3-6-22(27)25-14-9-10-18(25)16-13-23-21-12-17(24-26(21)19(16)11-14)15-7-4-5-8-20(15)28-2/h4-5,7-8,12-14,18H,3,6,9-11H2,1-2H3/t14-,18-/m1/s1. The second-order valence-corrected chi connectivity index (χ2v) is 7.66. The maximum absolute atomic E-state index is 12.7. The topological polar surface area (TPSA) is 59.7 Å². The summed E-state index contributed by atoms with van der Waals surface area (Å²) in [4.78, 5) is 19.5. The van der Waals surface area contributed by atoms with Crippen LogP contribution in [-0.4, -0.2) is 38.6 Å². The molecule has 2 aromatic heterocycles. The van der Waals surface area contributed by atoms with Crippen molar-refractivity contribution in [3.63, 3.8) is 0 Å². The second-order valence-electron chi connectivity index (χ2n) is 7.66. The number of rotatable bonds is 4. The predicted molar refractivity (Wildman–Crippen MR) is 106 cm³/mol. The molecule has 4 heterocycles. The van der Waals surface area contributed by atoms with Crippen molar-refractivity contribution in [2.45, 2.75) is 51.1 Å². The second kappa shape index (κ2) is 6.62. The summed E-state index contributed by atoms with van der Waals surface area (Å²) in [7, 11) is 1.67. The van der Waals surface area contributed by atoms with Crippen LogP contribution in [0.25, 0.3) is 16.9 Å². The Balaban J connectivity index is 1.60. The van der Waals surface area contributed by atoms with Crippen LogP contribution in [0.3, 0.4) is 0 Å². The summed E-state index contributed by atoms with van der Waals surface area (Å²) in [6.45, 7) is 2.06. The molecule has 0 saturated carbocycles. The van der Waals surface area contributed by atoms with E-state index in [0.29, 0.717) is 6.42 Å². The highest BCUT2D eigenvalue weighted by atomic mass is 16.5. The molecule has 2 atom stereocenters. The molecule has 144 valence electrons. The molecule has 1 amide bonds. The van der Waals surface area contributed by atoms with Gasteiger partial charge in [0.15, 0.2) is 5.65 Å². The van der Waals surface area contributed by atoms with Gasteiger partial charge < -0.3 is 9.64 Å². The number of benzene rings is 1. The summed E-state index contributed by atoms with van der Waals surface area (Å²) in [5.74, 6) is 1.08. The van der Waals surface area contributed by atoms with E-state index in [0.717, 1.165) is 53.9 Å². The lowest BCUT2D eigenvalue weighted by Gasteiger charge is -2.36. The van der Waals surface area contributed by atoms with E-state index in [-0.39, 0.29) is 18.0 Å². The Morgan fingerprint density at radius 1 is 1.29 bits per heavy atom. The molecule has 5 rings (SSSR count). The Labute approximate surface area is 164 Å². The van der Waals surface area contributed by atoms with Crippen LogP contribution < -0.4 is 4.74 Å². The molecule has 6 nitrogen and oxygen atoms in total. The molecule has 6 heteroatoms. The van der Waals surface area contributed by atoms with Crippen molar-refractivity contribution >= 4 is 11.6 Å². The van der Waals surface area contributed by atoms with E-state index in [1.807, 2.05) is 41.0 Å². The van der Waals surface area contributed by atoms with Gasteiger partial charge in [-0.2, -0.15) is 5.10 Å². The largest absolute Gasteiger partial charge is 0.496 e. The van der Waals surface area contributed by atoms with Gasteiger partial charge in [0.1, 0.15) is 5.75 Å². The van der Waals surface area contributed by atoms with Gasteiger partial charge in [-0.3, -0.25) is 4.79 Å². The molecule has 0 aliphatic carbocycles. The fourth-order valence-electron chi connectivity index (χ4n) is 4.80. The fourth-order valence-corrected chi connectivity index (χ4v) is 4.80. The third-order valence-corrected chi connectivity index (χ3v) is 6.04. The summed E-state index contributed by atoms with van der Waals surface area (Å²) in [5, 5.41) is 4.88. The van der Waals surface area contributed by atoms with E-state index in [2.05, 4.69) is 16.8 Å². The summed E-state index contributed by atoms with van der Waals surface area (Å²) in [6, 6.07) is 10.3. The van der Waals surface area contributed by atoms with Crippen LogP contribution in [0.2, 0.25) is 0 Å². The van der Waals surface area contributed by atoms with E-state index in [9.17, 15) is 4.79 Å². The number of carbonyl (C=O) groups excluding carboxylic acids is 1. The molecular formula is C22H24N4O2. The zero-order chi connectivity index (χ0) is 19.3. The van der Waals surface area contributed by atoms with Gasteiger partial charge in [0, 0.05) is 42.3 Å². The fraction of sp³-hybridized carbons (Fsp3) is 0.409. The molecule has 3 aromatic rings. The van der Waals surface area contributed by atoms with Gasteiger partial charge >= 0.3 is 0 Å². The van der Waals surface area contributed by atoms with Gasteiger partial charge in [-0.25, -0.2) is 9.50 Å². The number of para-hydroxylation sites is 1. The predicted octanol–water partition coefficient (Wildman–Crippen LogP) is 3.79. The number of aromatic nitrogens is 3. The quantitative estimate of drug-likeness (QED) is 0.695. The number of methoxy groups -OCH3 is 1. The Kier molecular flexibility index (Phi) is 4.07. The van der Waals surface area contributed by atoms with E-state index >= 15 is 0 Å². The molecule has 0 unspecified atom stereocenters. The minimum absolute atomic E-state index is 0.142. The number of hydrogen-bond donors (Lipinski definition) is 0. The van der Waals surface area contributed by atoms with Gasteiger partial charge in [0.05, 0.1) is 24.5 Å². The Hall–Kier alpha value is -2.89. The monoisotopic (exact) mass is 376 g/mol. The average Bonchev–Trinajstić information content (AvgIpc) is 3.29. The minimum Gasteiger partial charge on any atom is -0.496 e. The number of amides is 1. The van der Waals surface area contributed by atoms with Crippen molar-refractivity contribution < 1.29 is 9.53 Å². The summed E-state index contributed by atoms with van der Waals surface area (Å²) < 4.78 is 7.48. The number of nitrogens with zero attached hydrogens (tertiary/aromatic N) is 4. The molecular weight excluding hydrogens is 352 g/mol. The first-order valence-corrected chi connectivity index (χ1v) is 10.0. The van der Waals surface area contributed by atoms with Crippen LogP contribution >= 0.6 is 0 Å². The van der Waals surface area contributed by atoms with Crippen LogP contribution in [0.4, 0.5) is 0 Å². The minimum atomic E-state index is 0.142. The number of fused-ring (bicyclic) bond motifs is 6. The molecule has 1 saturated heterocycles. The van der Waals surface area contributed by atoms with Gasteiger partial charge in [-0.1, -0.05) is 19.1 Å². The Bertz CT molecular complexity index is 1060. The van der Waals surface area contributed by atoms with Crippen LogP contribution in [0.5, 0.6) is 5.75 Å². The maximum atomic E-state index is 12.7. The van der Waals surface area contributed by atoms with Crippen LogP contribution in [-0.2, 0) is 11.2 Å². The van der Waals surface area contributed by atoms with Crippen molar-refractivity contribution in [1.82, 2.24) is 19.5 Å². The van der Waals surface area contributed by atoms with Crippen LogP contribution in [0.1, 0.15) is 49.9 Å². The smallest absolute Gasteiger partial charge is 0.223 e. The summed E-state index contributed by atoms with van der Waals surface area (Å²) >= 11 is 0. The normalized spacial score (nSPS) is 20.4. The zero-order valence-electron chi connectivity index (χ0n) is 16.3. The lowest BCUT2D eigenvalue weighted by atomic mass is 9.98. The highest BCUT2D eigenvalue weighted by molar-refractivity contribution is 5.78. The SMILES string of the molecule is CCCC(=O)N1[C@@H]2CC[C@@H]1c1cnc3cc(-c4ccccc4OC)nn3c1C2. The van der Waals surface area contributed by atoms with E-state index in [4.69, 9.17) is 9.84 Å². The number of hydrogen-bond acceptors (Lipinski definition) is 4. The number of carbonyl (C=O) groups is 1. The van der Waals surface area contributed by atoms with Crippen LogP contribution in [0.15, 0.2) is 36.5 Å². The first-order chi connectivity index (χ1) is 13.7. The first-order valence-electron chi connectivity index (χ1n) is 10.0. The molecule has 2 bridgehead atoms. The van der Waals surface area contributed by atoms with Crippen molar-refractivity contribution in [1.29, 1.82) is 0 Å². The van der Waals surface area contributed by atoms with Crippen molar-refractivity contribution in [2.24, 2.45) is 0 Å². The highest BCUT2D eigenvalue weighted by Crippen LogP contribution is 2.44. The van der Waals surface area contributed by atoms with Gasteiger partial charge in [-0.05, 0) is 31.4 Å². The third kappa shape index (κ3) is 2.51. The maximum Gasteiger partial charge on any atom is 0.223 e. The van der Waals surface area contributed by atoms with E-state index < -0.39 is 0 Å². The van der Waals surface area contributed by atoms with Gasteiger partial charge in [-0.15, -0.1) is 0 Å². The van der Waals surface area contributed by atoms with Crippen molar-refractivity contribution in [2.75, 3.05) is 7.11 Å².